The number of rotatable bonds is 2. The van der Waals surface area contributed by atoms with Gasteiger partial charge in [0.05, 0.1) is 12.2 Å². The Morgan fingerprint density at radius 1 is 1.50 bits per heavy atom. The number of benzene rings is 1. The normalized spacial score (nSPS) is 25.1. The van der Waals surface area contributed by atoms with Crippen LogP contribution in [-0.2, 0) is 6.61 Å². The van der Waals surface area contributed by atoms with Gasteiger partial charge in [-0.15, -0.1) is 0 Å². The number of halogens is 1. The van der Waals surface area contributed by atoms with Crippen molar-refractivity contribution in [3.05, 3.63) is 29.6 Å². The van der Waals surface area contributed by atoms with Crippen molar-refractivity contribution >= 4 is 5.69 Å². The fraction of sp³-hybridized carbons (Fsp3) is 0.500. The molecular weight excluding hydrogens is 209 g/mol. The lowest BCUT2D eigenvalue weighted by Crippen LogP contribution is -2.30. The Labute approximate surface area is 94.1 Å². The van der Waals surface area contributed by atoms with E-state index in [-0.39, 0.29) is 12.4 Å². The third-order valence-electron chi connectivity index (χ3n) is 3.00. The van der Waals surface area contributed by atoms with Crippen molar-refractivity contribution in [3.63, 3.8) is 0 Å². The van der Waals surface area contributed by atoms with Gasteiger partial charge in [-0.05, 0) is 31.5 Å². The van der Waals surface area contributed by atoms with Crippen LogP contribution in [0.4, 0.5) is 10.1 Å². The van der Waals surface area contributed by atoms with Crippen molar-refractivity contribution < 1.29 is 14.6 Å². The molecule has 88 valence electrons. The Morgan fingerprint density at radius 2 is 2.25 bits per heavy atom. The van der Waals surface area contributed by atoms with E-state index >= 15 is 0 Å². The van der Waals surface area contributed by atoms with Gasteiger partial charge in [0.25, 0.3) is 0 Å². The first-order chi connectivity index (χ1) is 7.52. The molecule has 1 atom stereocenters. The third kappa shape index (κ3) is 2.18. The van der Waals surface area contributed by atoms with Crippen LogP contribution < -0.4 is 4.90 Å². The summed E-state index contributed by atoms with van der Waals surface area (Å²) in [6.07, 6.45) is 0.690. The minimum atomic E-state index is -0.693. The van der Waals surface area contributed by atoms with Gasteiger partial charge in [0, 0.05) is 24.3 Å². The van der Waals surface area contributed by atoms with Crippen LogP contribution in [0.5, 0.6) is 0 Å². The van der Waals surface area contributed by atoms with E-state index in [1.165, 1.54) is 12.1 Å². The topological polar surface area (TPSA) is 43.7 Å². The van der Waals surface area contributed by atoms with Crippen LogP contribution in [0.3, 0.4) is 0 Å². The molecular formula is C12H16FNO2. The third-order valence-corrected chi connectivity index (χ3v) is 3.00. The van der Waals surface area contributed by atoms with E-state index in [1.54, 1.807) is 13.0 Å². The molecule has 4 heteroatoms. The maximum atomic E-state index is 13.0. The van der Waals surface area contributed by atoms with E-state index in [1.807, 2.05) is 4.90 Å². The van der Waals surface area contributed by atoms with Crippen molar-refractivity contribution in [1.29, 1.82) is 0 Å². The molecule has 1 aliphatic heterocycles. The van der Waals surface area contributed by atoms with Crippen molar-refractivity contribution in [2.24, 2.45) is 0 Å². The fourth-order valence-electron chi connectivity index (χ4n) is 2.14. The minimum absolute atomic E-state index is 0.189. The molecule has 1 heterocycles. The SMILES string of the molecule is CC1(O)CCN(c2ccc(F)cc2CO)C1. The van der Waals surface area contributed by atoms with Gasteiger partial charge < -0.3 is 15.1 Å². The zero-order chi connectivity index (χ0) is 11.8. The first-order valence-corrected chi connectivity index (χ1v) is 5.38. The van der Waals surface area contributed by atoms with Gasteiger partial charge >= 0.3 is 0 Å². The Kier molecular flexibility index (Phi) is 2.86. The van der Waals surface area contributed by atoms with Crippen LogP contribution in [-0.4, -0.2) is 28.9 Å². The molecule has 0 aliphatic carbocycles. The van der Waals surface area contributed by atoms with E-state index in [0.29, 0.717) is 18.5 Å². The lowest BCUT2D eigenvalue weighted by molar-refractivity contribution is 0.0839. The zero-order valence-corrected chi connectivity index (χ0v) is 9.28. The van der Waals surface area contributed by atoms with Gasteiger partial charge in [-0.25, -0.2) is 4.39 Å². The highest BCUT2D eigenvalue weighted by molar-refractivity contribution is 5.54. The average Bonchev–Trinajstić information content (AvgIpc) is 2.58. The Balaban J connectivity index is 2.27. The number of aliphatic hydroxyl groups excluding tert-OH is 1. The van der Waals surface area contributed by atoms with Gasteiger partial charge in [0.1, 0.15) is 5.82 Å². The summed E-state index contributed by atoms with van der Waals surface area (Å²) in [4.78, 5) is 1.98. The van der Waals surface area contributed by atoms with E-state index in [4.69, 9.17) is 0 Å². The molecule has 0 bridgehead atoms. The lowest BCUT2D eigenvalue weighted by Gasteiger charge is -2.23. The summed E-state index contributed by atoms with van der Waals surface area (Å²) in [5.41, 5.74) is 0.681. The summed E-state index contributed by atoms with van der Waals surface area (Å²) in [5.74, 6) is -0.348. The molecule has 0 radical (unpaired) electrons. The van der Waals surface area contributed by atoms with Crippen LogP contribution in [0.25, 0.3) is 0 Å². The van der Waals surface area contributed by atoms with Crippen LogP contribution >= 0.6 is 0 Å². The molecule has 16 heavy (non-hydrogen) atoms. The highest BCUT2D eigenvalue weighted by Crippen LogP contribution is 2.29. The molecule has 2 rings (SSSR count). The number of anilines is 1. The number of nitrogens with zero attached hydrogens (tertiary/aromatic N) is 1. The van der Waals surface area contributed by atoms with Gasteiger partial charge in [-0.2, -0.15) is 0 Å². The Hall–Kier alpha value is -1.13. The zero-order valence-electron chi connectivity index (χ0n) is 9.28. The molecule has 0 aromatic heterocycles. The summed E-state index contributed by atoms with van der Waals surface area (Å²) < 4.78 is 13.0. The quantitative estimate of drug-likeness (QED) is 0.797. The summed E-state index contributed by atoms with van der Waals surface area (Å²) in [6, 6.07) is 4.37. The monoisotopic (exact) mass is 225 g/mol. The second kappa shape index (κ2) is 4.03. The number of hydrogen-bond acceptors (Lipinski definition) is 3. The molecule has 0 amide bonds. The average molecular weight is 225 g/mol. The molecule has 3 nitrogen and oxygen atoms in total. The smallest absolute Gasteiger partial charge is 0.123 e. The van der Waals surface area contributed by atoms with Crippen molar-refractivity contribution in [3.8, 4) is 0 Å². The van der Waals surface area contributed by atoms with E-state index in [9.17, 15) is 14.6 Å². The number of hydrogen-bond donors (Lipinski definition) is 2. The van der Waals surface area contributed by atoms with Crippen LogP contribution in [0.2, 0.25) is 0 Å². The largest absolute Gasteiger partial charge is 0.392 e. The Bertz CT molecular complexity index is 393. The fourth-order valence-corrected chi connectivity index (χ4v) is 2.14. The van der Waals surface area contributed by atoms with Crippen LogP contribution in [0.15, 0.2) is 18.2 Å². The first kappa shape index (κ1) is 11.4. The van der Waals surface area contributed by atoms with Crippen LogP contribution in [0.1, 0.15) is 18.9 Å². The summed E-state index contributed by atoms with van der Waals surface area (Å²) in [6.45, 7) is 2.85. The molecule has 1 aromatic rings. The number of aliphatic hydroxyl groups is 2. The van der Waals surface area contributed by atoms with Crippen molar-refractivity contribution in [2.45, 2.75) is 25.6 Å². The Morgan fingerprint density at radius 3 is 2.81 bits per heavy atom. The van der Waals surface area contributed by atoms with Gasteiger partial charge in [0.15, 0.2) is 0 Å². The van der Waals surface area contributed by atoms with E-state index in [0.717, 1.165) is 12.2 Å². The second-order valence-corrected chi connectivity index (χ2v) is 4.60. The molecule has 0 spiro atoms. The number of β-amino-alcohol motifs (C(OH)–C–C–N with tert-alkyl or cyclic N) is 1. The maximum Gasteiger partial charge on any atom is 0.123 e. The van der Waals surface area contributed by atoms with Crippen LogP contribution in [0, 0.1) is 5.82 Å². The maximum absolute atomic E-state index is 13.0. The second-order valence-electron chi connectivity index (χ2n) is 4.60. The van der Waals surface area contributed by atoms with Gasteiger partial charge in [-0.1, -0.05) is 0 Å². The molecule has 1 aromatic carbocycles. The molecule has 1 saturated heterocycles. The summed E-state index contributed by atoms with van der Waals surface area (Å²) >= 11 is 0. The molecule has 2 N–H and O–H groups in total. The van der Waals surface area contributed by atoms with E-state index in [2.05, 4.69) is 0 Å². The predicted molar refractivity (Wildman–Crippen MR) is 59.8 cm³/mol. The summed E-state index contributed by atoms with van der Waals surface area (Å²) in [7, 11) is 0. The standard InChI is InChI=1S/C12H16FNO2/c1-12(16)4-5-14(8-12)11-3-2-10(13)6-9(11)7-15/h2-3,6,15-16H,4-5,7-8H2,1H3. The van der Waals surface area contributed by atoms with Crippen molar-refractivity contribution in [1.82, 2.24) is 0 Å². The molecule has 1 fully saturated rings. The predicted octanol–water partition coefficient (Wildman–Crippen LogP) is 1.28. The van der Waals surface area contributed by atoms with E-state index < -0.39 is 5.60 Å². The highest BCUT2D eigenvalue weighted by Gasteiger charge is 2.32. The molecule has 1 aliphatic rings. The first-order valence-electron chi connectivity index (χ1n) is 5.38. The van der Waals surface area contributed by atoms with Gasteiger partial charge in [0.2, 0.25) is 0 Å². The van der Waals surface area contributed by atoms with Gasteiger partial charge in [-0.3, -0.25) is 0 Å². The minimum Gasteiger partial charge on any atom is -0.392 e. The van der Waals surface area contributed by atoms with Crippen molar-refractivity contribution in [2.75, 3.05) is 18.0 Å². The molecule has 0 saturated carbocycles. The lowest BCUT2D eigenvalue weighted by atomic mass is 10.1. The molecule has 1 unspecified atom stereocenters. The summed E-state index contributed by atoms with van der Waals surface area (Å²) in [5, 5.41) is 19.0. The highest BCUT2D eigenvalue weighted by atomic mass is 19.1.